The molecule has 7 rings (SSSR count). The Hall–Kier alpha value is -3.88. The highest BCUT2D eigenvalue weighted by Gasteiger charge is 2.32. The lowest BCUT2D eigenvalue weighted by Crippen LogP contribution is -2.34. The summed E-state index contributed by atoms with van der Waals surface area (Å²) in [6.07, 6.45) is 2.20. The van der Waals surface area contributed by atoms with Crippen LogP contribution in [0.4, 0.5) is 11.4 Å². The summed E-state index contributed by atoms with van der Waals surface area (Å²) in [6.45, 7) is 3.24. The largest absolute Gasteiger partial charge is 0.329 e. The lowest BCUT2D eigenvalue weighted by molar-refractivity contribution is -0.129. The zero-order valence-electron chi connectivity index (χ0n) is 28.0. The van der Waals surface area contributed by atoms with Crippen molar-refractivity contribution in [2.45, 2.75) is 25.7 Å². The molecule has 1 saturated carbocycles. The average molecular weight is 797 g/mol. The minimum Gasteiger partial charge on any atom is -0.329 e. The zero-order valence-corrected chi connectivity index (χ0v) is 31.2. The lowest BCUT2D eigenvalue weighted by Gasteiger charge is -2.20. The number of hydrogen-bond donors (Lipinski definition) is 2. The summed E-state index contributed by atoms with van der Waals surface area (Å²) >= 11 is 6.72. The second-order valence-corrected chi connectivity index (χ2v) is 14.1. The minimum atomic E-state index is -0.553. The van der Waals surface area contributed by atoms with Crippen molar-refractivity contribution in [3.05, 3.63) is 74.7 Å². The summed E-state index contributed by atoms with van der Waals surface area (Å²) < 4.78 is 1.76. The molecule has 11 nitrogen and oxygen atoms in total. The van der Waals surface area contributed by atoms with Gasteiger partial charge < -0.3 is 25.8 Å². The van der Waals surface area contributed by atoms with Crippen LogP contribution in [-0.2, 0) is 14.4 Å². The highest BCUT2D eigenvalue weighted by Crippen LogP contribution is 2.40. The van der Waals surface area contributed by atoms with Gasteiger partial charge in [0.1, 0.15) is 11.6 Å². The third-order valence-electron chi connectivity index (χ3n) is 7.82. The fourth-order valence-electron chi connectivity index (χ4n) is 5.41. The summed E-state index contributed by atoms with van der Waals surface area (Å²) in [6, 6.07) is 17.0. The first-order chi connectivity index (χ1) is 23.3. The van der Waals surface area contributed by atoms with Gasteiger partial charge >= 0.3 is 0 Å². The number of nitrogens with zero attached hydrogens (tertiary/aromatic N) is 4. The van der Waals surface area contributed by atoms with E-state index in [1.54, 1.807) is 18.2 Å². The molecular formula is C36H40Br2N6O5. The van der Waals surface area contributed by atoms with Gasteiger partial charge in [-0.25, -0.2) is 4.98 Å². The Kier molecular flexibility index (Phi) is 13.3. The van der Waals surface area contributed by atoms with Crippen LogP contribution in [0.1, 0.15) is 46.4 Å². The van der Waals surface area contributed by atoms with Gasteiger partial charge in [0.2, 0.25) is 0 Å². The van der Waals surface area contributed by atoms with E-state index in [1.807, 2.05) is 69.5 Å². The average Bonchev–Trinajstić information content (AvgIpc) is 3.49. The standard InChI is InChI=1S/C18H16BrN3O.C8H4BrNO2.C6H8O2.C4H12N2/c1-21(2)8-9-22-15-5-3-4-14-17(15)16(18(22)23)12-10-11(19)6-7-13(12)20-14;9-4-1-2-6-5(3-4)7(11)8(12)10-6;7-5-2-1-3-6(8)4-5;1-6(2)4-3-5/h3-7,10H,8-9H2,1-2H3;1-3H,(H,10,11,12);1-4H2;3-5H2,1-2H3. The van der Waals surface area contributed by atoms with Gasteiger partial charge in [0.05, 0.1) is 40.0 Å². The molecular weight excluding hydrogens is 756 g/mol. The van der Waals surface area contributed by atoms with Gasteiger partial charge in [0.15, 0.2) is 0 Å². The van der Waals surface area contributed by atoms with Crippen molar-refractivity contribution in [3.8, 4) is 0 Å². The Morgan fingerprint density at radius 1 is 0.837 bits per heavy atom. The first-order valence-electron chi connectivity index (χ1n) is 15.8. The molecule has 3 aromatic carbocycles. The molecule has 1 aliphatic carbocycles. The van der Waals surface area contributed by atoms with Crippen molar-refractivity contribution < 1.29 is 24.0 Å². The zero-order chi connectivity index (χ0) is 35.8. The number of rotatable bonds is 5. The summed E-state index contributed by atoms with van der Waals surface area (Å²) in [4.78, 5) is 66.7. The number of benzene rings is 3. The number of fused-ring (bicyclic) bond motifs is 3. The Labute approximate surface area is 302 Å². The van der Waals surface area contributed by atoms with Crippen molar-refractivity contribution in [2.24, 2.45) is 5.73 Å². The molecule has 0 bridgehead atoms. The molecule has 13 heteroatoms. The number of aromatic nitrogens is 1. The molecule has 3 aliphatic rings. The van der Waals surface area contributed by atoms with E-state index in [2.05, 4.69) is 47.0 Å². The topological polar surface area (TPSA) is 146 Å². The number of amides is 2. The Morgan fingerprint density at radius 2 is 1.49 bits per heavy atom. The number of likely N-dealkylation sites (N-methyl/N-ethyl adjacent to an activating group) is 2. The van der Waals surface area contributed by atoms with Crippen LogP contribution < -0.4 is 16.0 Å². The molecule has 2 aliphatic heterocycles. The number of carbonyl (C=O) groups excluding carboxylic acids is 5. The van der Waals surface area contributed by atoms with Crippen LogP contribution >= 0.6 is 31.9 Å². The molecule has 0 atom stereocenters. The monoisotopic (exact) mass is 794 g/mol. The second-order valence-electron chi connectivity index (χ2n) is 12.3. The number of pyridine rings is 1. The molecule has 1 fully saturated rings. The lowest BCUT2D eigenvalue weighted by atomic mass is 9.98. The van der Waals surface area contributed by atoms with Crippen molar-refractivity contribution in [2.75, 3.05) is 64.6 Å². The highest BCUT2D eigenvalue weighted by molar-refractivity contribution is 9.10. The van der Waals surface area contributed by atoms with E-state index < -0.39 is 11.7 Å². The van der Waals surface area contributed by atoms with E-state index in [0.717, 1.165) is 68.1 Å². The third-order valence-corrected chi connectivity index (χ3v) is 8.81. The molecule has 3 heterocycles. The highest BCUT2D eigenvalue weighted by atomic mass is 79.9. The minimum absolute atomic E-state index is 0.0727. The van der Waals surface area contributed by atoms with E-state index in [-0.39, 0.29) is 23.9 Å². The van der Waals surface area contributed by atoms with Crippen molar-refractivity contribution in [1.29, 1.82) is 0 Å². The van der Waals surface area contributed by atoms with Crippen LogP contribution in [0, 0.1) is 0 Å². The van der Waals surface area contributed by atoms with Crippen molar-refractivity contribution >= 4 is 94.2 Å². The van der Waals surface area contributed by atoms with Crippen LogP contribution in [0.3, 0.4) is 0 Å². The van der Waals surface area contributed by atoms with E-state index in [9.17, 15) is 24.0 Å². The van der Waals surface area contributed by atoms with E-state index in [0.29, 0.717) is 30.6 Å². The van der Waals surface area contributed by atoms with Gasteiger partial charge in [-0.15, -0.1) is 0 Å². The van der Waals surface area contributed by atoms with Crippen LogP contribution in [0.25, 0.3) is 21.8 Å². The van der Waals surface area contributed by atoms with Crippen LogP contribution in [-0.4, -0.2) is 98.3 Å². The molecule has 1 aromatic heterocycles. The SMILES string of the molecule is CN(C)CCN.CN(C)CCN1C(=O)c2c3cc(Br)ccc3nc3cccc1c23.O=C1CCCC(=O)C1.O=C1Nc2ccc(Br)cc2C1=O. The van der Waals surface area contributed by atoms with Crippen LogP contribution in [0.2, 0.25) is 0 Å². The van der Waals surface area contributed by atoms with Crippen molar-refractivity contribution in [1.82, 2.24) is 14.8 Å². The predicted octanol–water partition coefficient (Wildman–Crippen LogP) is 5.46. The van der Waals surface area contributed by atoms with Gasteiger partial charge in [0, 0.05) is 58.7 Å². The first-order valence-corrected chi connectivity index (χ1v) is 17.4. The number of anilines is 2. The van der Waals surface area contributed by atoms with Crippen LogP contribution in [0.5, 0.6) is 0 Å². The molecule has 49 heavy (non-hydrogen) atoms. The van der Waals surface area contributed by atoms with Gasteiger partial charge in [-0.05, 0) is 83.1 Å². The summed E-state index contributed by atoms with van der Waals surface area (Å²) in [5, 5.41) is 4.35. The van der Waals surface area contributed by atoms with E-state index in [4.69, 9.17) is 10.7 Å². The fraction of sp³-hybridized carbons (Fsp3) is 0.333. The Morgan fingerprint density at radius 3 is 2.08 bits per heavy atom. The van der Waals surface area contributed by atoms with E-state index in [1.165, 1.54) is 0 Å². The Bertz CT molecular complexity index is 1900. The molecule has 2 amide bonds. The summed E-state index contributed by atoms with van der Waals surface area (Å²) in [7, 11) is 8.05. The molecule has 0 radical (unpaired) electrons. The van der Waals surface area contributed by atoms with Crippen LogP contribution in [0.15, 0.2) is 63.5 Å². The molecule has 4 aromatic rings. The van der Waals surface area contributed by atoms with E-state index >= 15 is 0 Å². The van der Waals surface area contributed by atoms with Gasteiger partial charge in [-0.3, -0.25) is 24.0 Å². The maximum Gasteiger partial charge on any atom is 0.296 e. The maximum absolute atomic E-state index is 13.1. The number of ketones is 3. The molecule has 3 N–H and O–H groups in total. The number of nitrogens with one attached hydrogen (secondary N) is 1. The maximum atomic E-state index is 13.1. The number of hydrogen-bond acceptors (Lipinski definition) is 9. The summed E-state index contributed by atoms with van der Waals surface area (Å²) in [5.74, 6) is -0.722. The van der Waals surface area contributed by atoms with Gasteiger partial charge in [-0.1, -0.05) is 37.9 Å². The number of halogens is 2. The number of nitrogens with two attached hydrogens (primary N) is 1. The predicted molar refractivity (Wildman–Crippen MR) is 200 cm³/mol. The fourth-order valence-corrected chi connectivity index (χ4v) is 6.14. The van der Waals surface area contributed by atoms with Crippen molar-refractivity contribution in [3.63, 3.8) is 0 Å². The number of Topliss-reactive ketones (excluding diaryl/α,β-unsaturated/α-hetero) is 3. The summed E-state index contributed by atoms with van der Waals surface area (Å²) in [5.41, 5.74) is 9.71. The normalized spacial score (nSPS) is 14.7. The third kappa shape index (κ3) is 9.64. The molecule has 258 valence electrons. The second kappa shape index (κ2) is 17.2. The molecule has 0 spiro atoms. The first kappa shape index (κ1) is 37.9. The number of carbonyl (C=O) groups is 5. The quantitative estimate of drug-likeness (QED) is 0.153. The van der Waals surface area contributed by atoms with Gasteiger partial charge in [-0.2, -0.15) is 0 Å². The Balaban J connectivity index is 0.000000173. The molecule has 0 unspecified atom stereocenters. The molecule has 0 saturated heterocycles. The van der Waals surface area contributed by atoms with Gasteiger partial charge in [0.25, 0.3) is 17.6 Å². The smallest absolute Gasteiger partial charge is 0.296 e.